The van der Waals surface area contributed by atoms with Crippen LogP contribution in [0.2, 0.25) is 0 Å². The van der Waals surface area contributed by atoms with E-state index < -0.39 is 0 Å². The number of rotatable bonds is 3. The number of hydrogen-bond donors (Lipinski definition) is 0. The van der Waals surface area contributed by atoms with Gasteiger partial charge in [0.25, 0.3) is 5.91 Å². The van der Waals surface area contributed by atoms with E-state index in [2.05, 4.69) is 21.0 Å². The van der Waals surface area contributed by atoms with E-state index >= 15 is 0 Å². The van der Waals surface area contributed by atoms with Gasteiger partial charge in [-0.1, -0.05) is 12.1 Å². The molecule has 1 unspecified atom stereocenters. The van der Waals surface area contributed by atoms with E-state index in [1.165, 1.54) is 4.68 Å². The van der Waals surface area contributed by atoms with Crippen LogP contribution >= 0.6 is 15.9 Å². The van der Waals surface area contributed by atoms with Crippen LogP contribution in [0.1, 0.15) is 54.8 Å². The summed E-state index contributed by atoms with van der Waals surface area (Å²) < 4.78 is 3.94. The summed E-state index contributed by atoms with van der Waals surface area (Å²) in [5.74, 6) is 0.884. The summed E-state index contributed by atoms with van der Waals surface area (Å²) in [6.07, 6.45) is 1.84. The van der Waals surface area contributed by atoms with E-state index in [9.17, 15) is 9.59 Å². The molecule has 25 heavy (non-hydrogen) atoms. The molecule has 1 saturated heterocycles. The van der Waals surface area contributed by atoms with Crippen LogP contribution in [0.15, 0.2) is 33.5 Å². The van der Waals surface area contributed by atoms with Gasteiger partial charge in [0.05, 0.1) is 5.56 Å². The van der Waals surface area contributed by atoms with Crippen LogP contribution < -0.4 is 5.69 Å². The Morgan fingerprint density at radius 1 is 1.32 bits per heavy atom. The lowest BCUT2D eigenvalue weighted by atomic mass is 9.96. The molecule has 6 nitrogen and oxygen atoms in total. The number of piperidine rings is 1. The lowest BCUT2D eigenvalue weighted by Gasteiger charge is -2.33. The van der Waals surface area contributed by atoms with E-state index in [0.717, 1.165) is 29.7 Å². The Morgan fingerprint density at radius 2 is 2.04 bits per heavy atom. The summed E-state index contributed by atoms with van der Waals surface area (Å²) >= 11 is 3.46. The van der Waals surface area contributed by atoms with Crippen LogP contribution in [0, 0.1) is 0 Å². The number of nitrogens with zero attached hydrogens (tertiary/aromatic N) is 4. The Balaban J connectivity index is 1.87. The number of carbonyl (C=O) groups is 1. The maximum atomic E-state index is 12.9. The second-order valence-corrected chi connectivity index (χ2v) is 7.65. The highest BCUT2D eigenvalue weighted by Gasteiger charge is 2.30. The van der Waals surface area contributed by atoms with Crippen LogP contribution in [0.4, 0.5) is 0 Å². The molecule has 0 saturated carbocycles. The van der Waals surface area contributed by atoms with Gasteiger partial charge in [-0.05, 0) is 54.8 Å². The number of aromatic nitrogens is 3. The van der Waals surface area contributed by atoms with Crippen molar-refractivity contribution in [2.24, 2.45) is 7.05 Å². The quantitative estimate of drug-likeness (QED) is 0.786. The molecule has 0 aliphatic carbocycles. The van der Waals surface area contributed by atoms with Gasteiger partial charge in [0, 0.05) is 36.6 Å². The summed E-state index contributed by atoms with van der Waals surface area (Å²) in [5, 5.41) is 4.46. The molecule has 2 heterocycles. The summed E-state index contributed by atoms with van der Waals surface area (Å²) in [4.78, 5) is 27.1. The first kappa shape index (κ1) is 17.9. The van der Waals surface area contributed by atoms with Crippen LogP contribution in [0.5, 0.6) is 0 Å². The van der Waals surface area contributed by atoms with Gasteiger partial charge in [-0.15, -0.1) is 0 Å². The van der Waals surface area contributed by atoms with Crippen molar-refractivity contribution in [1.29, 1.82) is 0 Å². The van der Waals surface area contributed by atoms with Crippen LogP contribution in [-0.2, 0) is 7.05 Å². The van der Waals surface area contributed by atoms with Crippen LogP contribution in [0.3, 0.4) is 0 Å². The van der Waals surface area contributed by atoms with Crippen LogP contribution in [0.25, 0.3) is 0 Å². The molecule has 1 aromatic carbocycles. The van der Waals surface area contributed by atoms with E-state index in [0.29, 0.717) is 12.1 Å². The van der Waals surface area contributed by atoms with Crippen LogP contribution in [-0.4, -0.2) is 38.2 Å². The van der Waals surface area contributed by atoms with Crippen molar-refractivity contribution in [2.45, 2.75) is 38.6 Å². The number of benzene rings is 1. The number of halogens is 1. The number of amides is 1. The highest BCUT2D eigenvalue weighted by molar-refractivity contribution is 9.10. The maximum absolute atomic E-state index is 12.9. The number of hydrogen-bond acceptors (Lipinski definition) is 3. The zero-order valence-electron chi connectivity index (χ0n) is 14.8. The van der Waals surface area contributed by atoms with Gasteiger partial charge in [-0.3, -0.25) is 9.36 Å². The van der Waals surface area contributed by atoms with E-state index in [-0.39, 0.29) is 23.6 Å². The maximum Gasteiger partial charge on any atom is 0.345 e. The summed E-state index contributed by atoms with van der Waals surface area (Å²) in [6, 6.07) is 7.53. The molecule has 1 amide bonds. The summed E-state index contributed by atoms with van der Waals surface area (Å²) in [7, 11) is 1.68. The van der Waals surface area contributed by atoms with Gasteiger partial charge in [0.1, 0.15) is 5.82 Å². The second kappa shape index (κ2) is 7.15. The van der Waals surface area contributed by atoms with Crippen molar-refractivity contribution in [3.8, 4) is 0 Å². The Kier molecular flexibility index (Phi) is 5.13. The Bertz CT molecular complexity index is 840. The fraction of sp³-hybridized carbons (Fsp3) is 0.500. The first-order valence-electron chi connectivity index (χ1n) is 8.59. The largest absolute Gasteiger partial charge is 0.345 e. The third kappa shape index (κ3) is 3.42. The average Bonchev–Trinajstić information content (AvgIpc) is 2.90. The molecular formula is C18H23BrN4O2. The summed E-state index contributed by atoms with van der Waals surface area (Å²) in [6.45, 7) is 5.29. The molecule has 2 aromatic rings. The minimum Gasteiger partial charge on any atom is -0.338 e. The second-order valence-electron chi connectivity index (χ2n) is 6.80. The van der Waals surface area contributed by atoms with E-state index in [1.807, 2.05) is 43.0 Å². The molecule has 1 aliphatic heterocycles. The van der Waals surface area contributed by atoms with Gasteiger partial charge >= 0.3 is 5.69 Å². The first-order chi connectivity index (χ1) is 11.9. The molecule has 134 valence electrons. The van der Waals surface area contributed by atoms with Crippen molar-refractivity contribution < 1.29 is 4.79 Å². The third-order valence-electron chi connectivity index (χ3n) is 4.68. The first-order valence-corrected chi connectivity index (χ1v) is 9.38. The normalized spacial score (nSPS) is 18.0. The molecule has 1 aliphatic rings. The zero-order valence-corrected chi connectivity index (χ0v) is 16.4. The predicted molar refractivity (Wildman–Crippen MR) is 99.9 cm³/mol. The smallest absolute Gasteiger partial charge is 0.338 e. The van der Waals surface area contributed by atoms with Crippen molar-refractivity contribution >= 4 is 21.8 Å². The highest BCUT2D eigenvalue weighted by atomic mass is 79.9. The Labute approximate surface area is 155 Å². The molecule has 0 bridgehead atoms. The molecule has 1 fully saturated rings. The zero-order chi connectivity index (χ0) is 18.1. The van der Waals surface area contributed by atoms with Gasteiger partial charge in [0.15, 0.2) is 0 Å². The minimum atomic E-state index is -0.0979. The Hall–Kier alpha value is -1.89. The molecule has 0 spiro atoms. The van der Waals surface area contributed by atoms with Crippen molar-refractivity contribution in [2.75, 3.05) is 13.1 Å². The topological polar surface area (TPSA) is 60.1 Å². The molecule has 3 rings (SSSR count). The molecular weight excluding hydrogens is 384 g/mol. The third-order valence-corrected chi connectivity index (χ3v) is 5.37. The van der Waals surface area contributed by atoms with Gasteiger partial charge in [0.2, 0.25) is 0 Å². The molecule has 0 radical (unpaired) electrons. The van der Waals surface area contributed by atoms with Crippen molar-refractivity contribution in [3.05, 3.63) is 50.6 Å². The number of likely N-dealkylation sites (tertiary alicyclic amines) is 1. The molecule has 1 aromatic heterocycles. The lowest BCUT2D eigenvalue weighted by Crippen LogP contribution is -2.40. The van der Waals surface area contributed by atoms with E-state index in [1.54, 1.807) is 11.6 Å². The molecule has 0 N–H and O–H groups in total. The molecule has 1 atom stereocenters. The fourth-order valence-electron chi connectivity index (χ4n) is 3.44. The monoisotopic (exact) mass is 406 g/mol. The van der Waals surface area contributed by atoms with Crippen molar-refractivity contribution in [3.63, 3.8) is 0 Å². The SMILES string of the molecule is CC(C)n1c(C2CCCN(C(=O)c3ccccc3Br)C2)nn(C)c1=O. The number of aryl methyl sites for hydroxylation is 1. The lowest BCUT2D eigenvalue weighted by molar-refractivity contribution is 0.0702. The average molecular weight is 407 g/mol. The minimum absolute atomic E-state index is 0.0200. The predicted octanol–water partition coefficient (Wildman–Crippen LogP) is 2.95. The Morgan fingerprint density at radius 3 is 2.72 bits per heavy atom. The van der Waals surface area contributed by atoms with Gasteiger partial charge in [-0.25, -0.2) is 9.48 Å². The van der Waals surface area contributed by atoms with Gasteiger partial charge < -0.3 is 4.90 Å². The number of carbonyl (C=O) groups excluding carboxylic acids is 1. The van der Waals surface area contributed by atoms with Gasteiger partial charge in [-0.2, -0.15) is 5.10 Å². The molecule has 7 heteroatoms. The fourth-order valence-corrected chi connectivity index (χ4v) is 3.89. The van der Waals surface area contributed by atoms with E-state index in [4.69, 9.17) is 0 Å². The standard InChI is InChI=1S/C18H23BrN4O2/c1-12(2)23-16(20-21(3)18(23)25)13-7-6-10-22(11-13)17(24)14-8-4-5-9-15(14)19/h4-5,8-9,12-13H,6-7,10-11H2,1-3H3. The van der Waals surface area contributed by atoms with Crippen molar-refractivity contribution in [1.82, 2.24) is 19.2 Å². The summed E-state index contributed by atoms with van der Waals surface area (Å²) in [5.41, 5.74) is 0.574. The highest BCUT2D eigenvalue weighted by Crippen LogP contribution is 2.28.